The summed E-state index contributed by atoms with van der Waals surface area (Å²) in [7, 11) is 0. The maximum Gasteiger partial charge on any atom is -0.0175 e. The molecule has 0 aromatic rings. The van der Waals surface area contributed by atoms with Gasteiger partial charge in [0, 0.05) is 0 Å². The third kappa shape index (κ3) is 1.91. The molecule has 0 heterocycles. The normalized spacial score (nSPS) is 40.6. The Hall–Kier alpha value is -0.520. The van der Waals surface area contributed by atoms with Crippen molar-refractivity contribution < 1.29 is 0 Å². The van der Waals surface area contributed by atoms with Gasteiger partial charge >= 0.3 is 0 Å². The Labute approximate surface area is 94.5 Å². The Balaban J connectivity index is 2.22. The highest BCUT2D eigenvalue weighted by Crippen LogP contribution is 2.54. The Morgan fingerprint density at radius 2 is 2.20 bits per heavy atom. The lowest BCUT2D eigenvalue weighted by atomic mass is 9.72. The van der Waals surface area contributed by atoms with Crippen LogP contribution in [0.4, 0.5) is 0 Å². The molecule has 1 saturated carbocycles. The highest BCUT2D eigenvalue weighted by atomic mass is 14.5. The van der Waals surface area contributed by atoms with E-state index in [4.69, 9.17) is 0 Å². The Kier molecular flexibility index (Phi) is 2.79. The van der Waals surface area contributed by atoms with Crippen LogP contribution in [0.1, 0.15) is 52.9 Å². The van der Waals surface area contributed by atoms with Gasteiger partial charge in [0.05, 0.1) is 0 Å². The quantitative estimate of drug-likeness (QED) is 0.542. The van der Waals surface area contributed by atoms with E-state index in [-0.39, 0.29) is 0 Å². The molecule has 3 atom stereocenters. The van der Waals surface area contributed by atoms with Gasteiger partial charge in [-0.05, 0) is 63.2 Å². The van der Waals surface area contributed by atoms with Gasteiger partial charge in [0.1, 0.15) is 0 Å². The number of hydrogen-bond donors (Lipinski definition) is 0. The van der Waals surface area contributed by atoms with E-state index in [1.807, 2.05) is 0 Å². The summed E-state index contributed by atoms with van der Waals surface area (Å²) >= 11 is 0. The molecule has 0 aliphatic heterocycles. The van der Waals surface area contributed by atoms with Crippen LogP contribution in [-0.2, 0) is 0 Å². The van der Waals surface area contributed by atoms with Crippen LogP contribution in [0.5, 0.6) is 0 Å². The molecule has 0 aromatic heterocycles. The average molecular weight is 204 g/mol. The number of rotatable bonds is 1. The Morgan fingerprint density at radius 3 is 2.87 bits per heavy atom. The SMILES string of the molecule is C=C(C)C1CCC2(C)CC=C(C)CCC12. The molecule has 1 fully saturated rings. The minimum Gasteiger partial charge on any atom is -0.0999 e. The van der Waals surface area contributed by atoms with E-state index in [0.29, 0.717) is 5.41 Å². The fourth-order valence-electron chi connectivity index (χ4n) is 3.64. The molecule has 0 aromatic carbocycles. The van der Waals surface area contributed by atoms with Crippen LogP contribution >= 0.6 is 0 Å². The fourth-order valence-corrected chi connectivity index (χ4v) is 3.64. The zero-order chi connectivity index (χ0) is 11.1. The summed E-state index contributed by atoms with van der Waals surface area (Å²) in [6.07, 6.45) is 9.26. The molecule has 84 valence electrons. The van der Waals surface area contributed by atoms with E-state index in [0.717, 1.165) is 11.8 Å². The molecule has 15 heavy (non-hydrogen) atoms. The van der Waals surface area contributed by atoms with Crippen LogP contribution in [0, 0.1) is 17.3 Å². The smallest absolute Gasteiger partial charge is 0.0175 e. The summed E-state index contributed by atoms with van der Waals surface area (Å²) in [5.41, 5.74) is 3.59. The molecule has 2 rings (SSSR count). The molecule has 2 aliphatic rings. The third-order valence-electron chi connectivity index (χ3n) is 4.81. The van der Waals surface area contributed by atoms with Crippen LogP contribution in [0.2, 0.25) is 0 Å². The first-order valence-electron chi connectivity index (χ1n) is 6.34. The maximum absolute atomic E-state index is 4.19. The molecule has 0 nitrogen and oxygen atoms in total. The van der Waals surface area contributed by atoms with Crippen molar-refractivity contribution in [3.63, 3.8) is 0 Å². The van der Waals surface area contributed by atoms with Crippen LogP contribution in [0.15, 0.2) is 23.8 Å². The van der Waals surface area contributed by atoms with Gasteiger partial charge in [0.2, 0.25) is 0 Å². The van der Waals surface area contributed by atoms with Gasteiger partial charge in [-0.15, -0.1) is 0 Å². The van der Waals surface area contributed by atoms with E-state index in [1.54, 1.807) is 5.57 Å². The van der Waals surface area contributed by atoms with Crippen LogP contribution in [-0.4, -0.2) is 0 Å². The van der Waals surface area contributed by atoms with Crippen molar-refractivity contribution in [1.29, 1.82) is 0 Å². The van der Waals surface area contributed by atoms with Gasteiger partial charge in [-0.3, -0.25) is 0 Å². The fraction of sp³-hybridized carbons (Fsp3) is 0.733. The monoisotopic (exact) mass is 204 g/mol. The number of fused-ring (bicyclic) bond motifs is 1. The lowest BCUT2D eigenvalue weighted by Gasteiger charge is -2.32. The average Bonchev–Trinajstić information content (AvgIpc) is 2.43. The van der Waals surface area contributed by atoms with Crippen molar-refractivity contribution in [1.82, 2.24) is 0 Å². The standard InChI is InChI=1S/C15H24/c1-11(2)13-8-10-15(4)9-7-12(3)5-6-14(13)15/h7,13-14H,1,5-6,8-10H2,2-4H3. The molecule has 0 radical (unpaired) electrons. The van der Waals surface area contributed by atoms with E-state index in [1.165, 1.54) is 37.7 Å². The first-order valence-corrected chi connectivity index (χ1v) is 6.34. The van der Waals surface area contributed by atoms with Gasteiger partial charge in [-0.25, -0.2) is 0 Å². The summed E-state index contributed by atoms with van der Waals surface area (Å²) in [5.74, 6) is 1.69. The zero-order valence-electron chi connectivity index (χ0n) is 10.5. The third-order valence-corrected chi connectivity index (χ3v) is 4.81. The van der Waals surface area contributed by atoms with E-state index in [9.17, 15) is 0 Å². The van der Waals surface area contributed by atoms with Gasteiger partial charge in [-0.1, -0.05) is 30.7 Å². The van der Waals surface area contributed by atoms with Crippen molar-refractivity contribution in [2.75, 3.05) is 0 Å². The maximum atomic E-state index is 4.19. The Bertz CT molecular complexity index is 297. The molecule has 0 saturated heterocycles. The molecule has 0 spiro atoms. The minimum absolute atomic E-state index is 0.571. The van der Waals surface area contributed by atoms with Crippen LogP contribution < -0.4 is 0 Å². The van der Waals surface area contributed by atoms with E-state index in [2.05, 4.69) is 33.4 Å². The van der Waals surface area contributed by atoms with Gasteiger partial charge in [0.15, 0.2) is 0 Å². The summed E-state index contributed by atoms with van der Waals surface area (Å²) in [5, 5.41) is 0. The molecule has 0 bridgehead atoms. The molecule has 0 amide bonds. The summed E-state index contributed by atoms with van der Waals surface area (Å²) in [6, 6.07) is 0. The summed E-state index contributed by atoms with van der Waals surface area (Å²) in [6.45, 7) is 11.2. The second kappa shape index (κ2) is 3.81. The lowest BCUT2D eigenvalue weighted by Crippen LogP contribution is -2.24. The van der Waals surface area contributed by atoms with Crippen molar-refractivity contribution in [2.24, 2.45) is 17.3 Å². The van der Waals surface area contributed by atoms with Crippen molar-refractivity contribution in [2.45, 2.75) is 52.9 Å². The van der Waals surface area contributed by atoms with Gasteiger partial charge < -0.3 is 0 Å². The number of allylic oxidation sites excluding steroid dienone is 3. The van der Waals surface area contributed by atoms with Crippen LogP contribution in [0.3, 0.4) is 0 Å². The van der Waals surface area contributed by atoms with E-state index < -0.39 is 0 Å². The highest BCUT2D eigenvalue weighted by Gasteiger charge is 2.44. The number of hydrogen-bond acceptors (Lipinski definition) is 0. The molecule has 2 aliphatic carbocycles. The van der Waals surface area contributed by atoms with Crippen LogP contribution in [0.25, 0.3) is 0 Å². The van der Waals surface area contributed by atoms with Gasteiger partial charge in [0.25, 0.3) is 0 Å². The van der Waals surface area contributed by atoms with E-state index >= 15 is 0 Å². The largest absolute Gasteiger partial charge is 0.0999 e. The first kappa shape index (κ1) is 11.0. The van der Waals surface area contributed by atoms with Gasteiger partial charge in [-0.2, -0.15) is 0 Å². The highest BCUT2D eigenvalue weighted by molar-refractivity contribution is 5.13. The summed E-state index contributed by atoms with van der Waals surface area (Å²) in [4.78, 5) is 0. The molecular formula is C15H24. The predicted molar refractivity (Wildman–Crippen MR) is 66.7 cm³/mol. The zero-order valence-corrected chi connectivity index (χ0v) is 10.5. The second-order valence-electron chi connectivity index (χ2n) is 6.05. The van der Waals surface area contributed by atoms with Crippen molar-refractivity contribution in [3.8, 4) is 0 Å². The summed E-state index contributed by atoms with van der Waals surface area (Å²) < 4.78 is 0. The lowest BCUT2D eigenvalue weighted by molar-refractivity contribution is 0.201. The Morgan fingerprint density at radius 1 is 1.47 bits per heavy atom. The van der Waals surface area contributed by atoms with Crippen molar-refractivity contribution >= 4 is 0 Å². The van der Waals surface area contributed by atoms with Crippen molar-refractivity contribution in [3.05, 3.63) is 23.8 Å². The predicted octanol–water partition coefficient (Wildman–Crippen LogP) is 4.73. The topological polar surface area (TPSA) is 0 Å². The first-order chi connectivity index (χ1) is 7.03. The second-order valence-corrected chi connectivity index (χ2v) is 6.05. The molecular weight excluding hydrogens is 180 g/mol. The molecule has 0 heteroatoms. The molecule has 0 N–H and O–H groups in total. The minimum atomic E-state index is 0.571. The molecule has 3 unspecified atom stereocenters.